The minimum atomic E-state index is -0.878. The van der Waals surface area contributed by atoms with E-state index in [-0.39, 0.29) is 107 Å². The number of aliphatic hydroxyl groups excluding tert-OH is 5. The summed E-state index contributed by atoms with van der Waals surface area (Å²) in [5, 5.41) is 69.9. The van der Waals surface area contributed by atoms with Gasteiger partial charge in [0.05, 0.1) is 121 Å². The van der Waals surface area contributed by atoms with Crippen LogP contribution in [0.15, 0.2) is 117 Å². The van der Waals surface area contributed by atoms with Gasteiger partial charge in [-0.2, -0.15) is 20.4 Å². The van der Waals surface area contributed by atoms with Gasteiger partial charge in [-0.05, 0) is 66.7 Å². The molecule has 0 spiro atoms. The number of hydrazone groups is 4. The van der Waals surface area contributed by atoms with Gasteiger partial charge >= 0.3 is 36.4 Å². The van der Waals surface area contributed by atoms with Crippen LogP contribution in [0.3, 0.4) is 0 Å². The van der Waals surface area contributed by atoms with Gasteiger partial charge in [0.15, 0.2) is 29.9 Å². The number of oxime groups is 1. The molecule has 5 aromatic rings. The summed E-state index contributed by atoms with van der Waals surface area (Å²) in [5.41, 5.74) is 3.43. The molecule has 5 atom stereocenters. The fourth-order valence-electron chi connectivity index (χ4n) is 12.4. The average Bonchev–Trinajstić information content (AvgIpc) is 1.71. The molecule has 0 aromatic heterocycles. The standard InChI is InChI=1S/C17H19FN4O6.C14H14F2N4O4.C14H16F2N4O3.C14H16N4O4.C13H15N3O4/c1-11(24)27-9-16(25)22-5-4-20(10-19-22)15-3-2-12(6-14(15)18)21-7-13(8-23)28-17(21)26;15-11-3-9(20-5-10(6-21)24-14(20)23)4-12(16)13(11)18-1-2-19(8-22)17-7-18;1-18-2-3-19(8-17-18)13-11(15)4-9(5-12(13)16)20-6-10(7-21)23-14(20)22;19-8-13-7-18(14(21)22-13)12-3-1-11(2-4-12)16-5-6-17(10-20)15-9-16;17-8-12-7-16(13(18)20-12)11-3-1-10(2-4-11)15-5-6-19-14-9-15/h2-3,6,10,13,23H,4-5,7-9H2,1H3;3-4,7-8,10,21H,1-2,5-6H2;4-5,8,10,21H,2-3,6-7H2,1H3;1-4,9-10,13,19H,5-8H2;1-4,9,12,17H,5-8H2/t13-;2*10-;13-;12-/m11111/s1. The van der Waals surface area contributed by atoms with Gasteiger partial charge in [-0.15, -0.1) is 0 Å². The Labute approximate surface area is 662 Å². The van der Waals surface area contributed by atoms with E-state index in [1.165, 1.54) is 66.1 Å². The monoisotopic (exact) mass is 1640 g/mol. The van der Waals surface area contributed by atoms with Crippen molar-refractivity contribution in [1.82, 2.24) is 20.0 Å². The number of ether oxygens (including phenoxy) is 6. The van der Waals surface area contributed by atoms with Crippen molar-refractivity contribution >= 4 is 144 Å². The quantitative estimate of drug-likeness (QED) is 0.0343. The van der Waals surface area contributed by atoms with Gasteiger partial charge in [-0.1, -0.05) is 5.16 Å². The lowest BCUT2D eigenvalue weighted by molar-refractivity contribution is -0.150. The summed E-state index contributed by atoms with van der Waals surface area (Å²) in [5.74, 6) is -4.97. The Morgan fingerprint density at radius 2 is 0.769 bits per heavy atom. The van der Waals surface area contributed by atoms with Crippen LogP contribution in [-0.2, 0) is 52.4 Å². The zero-order valence-corrected chi connectivity index (χ0v) is 62.6. The first kappa shape index (κ1) is 84.6. The first-order valence-corrected chi connectivity index (χ1v) is 36.1. The molecule has 5 saturated heterocycles. The highest BCUT2D eigenvalue weighted by atomic mass is 19.1. The SMILES string of the molecule is CC(=O)OCC(=O)N1CCN(c2ccc(N3C[C@H](CO)OC3=O)cc2F)C=N1.CN1CCN(c2c(F)cc(N3C[C@H](CO)OC3=O)cc2F)C=N1.O=C1O[C@@H](CO)CN1c1ccc(N2C=NOCC2)cc1.O=CN1CCN(c2c(F)cc(N3C[C@H](CO)OC3=O)cc2F)C=N1.O=CN1CCN(c2ccc(N3C[C@H](CO)OC3=O)cc2)C=N1. The van der Waals surface area contributed by atoms with Gasteiger partial charge in [-0.3, -0.25) is 48.7 Å². The summed E-state index contributed by atoms with van der Waals surface area (Å²) in [4.78, 5) is 122. The van der Waals surface area contributed by atoms with Crippen LogP contribution < -0.4 is 49.0 Å². The van der Waals surface area contributed by atoms with Crippen molar-refractivity contribution in [1.29, 1.82) is 0 Å². The summed E-state index contributed by atoms with van der Waals surface area (Å²) in [6, 6.07) is 23.3. The number of benzene rings is 5. The van der Waals surface area contributed by atoms with E-state index >= 15 is 0 Å². The molecule has 5 N–H and O–H groups in total. The molecule has 10 aliphatic rings. The molecule has 8 amide bonds. The van der Waals surface area contributed by atoms with E-state index in [9.17, 15) is 65.1 Å². The van der Waals surface area contributed by atoms with E-state index in [0.29, 0.717) is 70.1 Å². The minimum Gasteiger partial charge on any atom is -0.456 e. The first-order chi connectivity index (χ1) is 56.4. The summed E-state index contributed by atoms with van der Waals surface area (Å²) in [6.07, 6.45) is 2.22. The van der Waals surface area contributed by atoms with Crippen LogP contribution >= 0.6 is 0 Å². The molecule has 10 aliphatic heterocycles. The number of aliphatic hydroxyl groups is 5. The molecule has 45 heteroatoms. The Bertz CT molecular complexity index is 4540. The molecule has 0 bridgehead atoms. The molecule has 5 fully saturated rings. The van der Waals surface area contributed by atoms with Crippen LogP contribution in [0.1, 0.15) is 6.92 Å². The molecule has 0 saturated carbocycles. The molecule has 0 radical (unpaired) electrons. The smallest absolute Gasteiger partial charge is 0.414 e. The number of amides is 8. The van der Waals surface area contributed by atoms with E-state index in [0.717, 1.165) is 74.0 Å². The molecule has 117 heavy (non-hydrogen) atoms. The van der Waals surface area contributed by atoms with Crippen molar-refractivity contribution < 1.29 is 124 Å². The number of cyclic esters (lactones) is 5. The molecule has 5 aromatic carbocycles. The number of esters is 1. The molecule has 10 heterocycles. The van der Waals surface area contributed by atoms with Crippen LogP contribution in [-0.4, -0.2) is 308 Å². The number of halogens is 5. The van der Waals surface area contributed by atoms with E-state index in [1.54, 1.807) is 30.8 Å². The number of hydrogen-bond acceptors (Lipinski definition) is 32. The van der Waals surface area contributed by atoms with Gasteiger partial charge in [0.1, 0.15) is 86.0 Å². The van der Waals surface area contributed by atoms with E-state index in [1.807, 2.05) is 58.3 Å². The third-order valence-corrected chi connectivity index (χ3v) is 18.5. The van der Waals surface area contributed by atoms with Crippen molar-refractivity contribution in [2.24, 2.45) is 25.6 Å². The lowest BCUT2D eigenvalue weighted by Gasteiger charge is -2.29. The summed E-state index contributed by atoms with van der Waals surface area (Å²) < 4.78 is 101. The Morgan fingerprint density at radius 1 is 0.419 bits per heavy atom. The molecule has 0 aliphatic carbocycles. The van der Waals surface area contributed by atoms with E-state index in [2.05, 4.69) is 30.3 Å². The third kappa shape index (κ3) is 21.0. The van der Waals surface area contributed by atoms with Gasteiger partial charge in [-0.25, -0.2) is 61.0 Å². The zero-order chi connectivity index (χ0) is 83.6. The fraction of sp³-hybridized carbons (Fsp3) is 0.389. The lowest BCUT2D eigenvalue weighted by Crippen LogP contribution is -2.42. The van der Waals surface area contributed by atoms with E-state index < -0.39 is 109 Å². The Morgan fingerprint density at radius 3 is 1.10 bits per heavy atom. The molecule has 0 unspecified atom stereocenters. The number of anilines is 10. The van der Waals surface area contributed by atoms with Gasteiger partial charge in [0.25, 0.3) is 5.91 Å². The number of carbonyl (C=O) groups is 9. The Kier molecular flexibility index (Phi) is 28.3. The highest BCUT2D eigenvalue weighted by Gasteiger charge is 2.38. The minimum absolute atomic E-state index is 0.00170. The Hall–Kier alpha value is -13.3. The topological polar surface area (TPSA) is 427 Å². The number of likely N-dealkylation sites (N-methyl/N-ethyl adjacent to an activating group) is 1. The summed E-state index contributed by atoms with van der Waals surface area (Å²) >= 11 is 0. The summed E-state index contributed by atoms with van der Waals surface area (Å²) in [6.45, 7) is 4.56. The van der Waals surface area contributed by atoms with Crippen molar-refractivity contribution in [3.05, 3.63) is 120 Å². The normalized spacial score (nSPS) is 20.6. The highest BCUT2D eigenvalue weighted by molar-refractivity contribution is 5.95. The number of hydrogen-bond donors (Lipinski definition) is 5. The van der Waals surface area contributed by atoms with Crippen molar-refractivity contribution in [2.45, 2.75) is 37.4 Å². The summed E-state index contributed by atoms with van der Waals surface area (Å²) in [7, 11) is 1.76. The highest BCUT2D eigenvalue weighted by Crippen LogP contribution is 2.35. The van der Waals surface area contributed by atoms with Crippen molar-refractivity contribution in [2.75, 3.05) is 194 Å². The predicted octanol–water partition coefficient (Wildman–Crippen LogP) is 2.79. The number of rotatable bonds is 19. The van der Waals surface area contributed by atoms with Crippen LogP contribution in [0.2, 0.25) is 0 Å². The number of carbonyl (C=O) groups excluding carboxylic acids is 9. The maximum atomic E-state index is 14.6. The maximum absolute atomic E-state index is 14.6. The maximum Gasteiger partial charge on any atom is 0.414 e. The van der Waals surface area contributed by atoms with Crippen molar-refractivity contribution in [3.8, 4) is 0 Å². The average molecular weight is 1640 g/mol. The molecule has 624 valence electrons. The lowest BCUT2D eigenvalue weighted by atomic mass is 10.2. The second-order valence-corrected chi connectivity index (χ2v) is 26.3. The first-order valence-electron chi connectivity index (χ1n) is 36.1. The second kappa shape index (κ2) is 39.2. The third-order valence-electron chi connectivity index (χ3n) is 18.5. The van der Waals surface area contributed by atoms with Crippen LogP contribution in [0.5, 0.6) is 0 Å². The van der Waals surface area contributed by atoms with Crippen molar-refractivity contribution in [3.63, 3.8) is 0 Å². The molecule has 40 nitrogen and oxygen atoms in total. The Balaban J connectivity index is 0.000000144. The van der Waals surface area contributed by atoms with Gasteiger partial charge < -0.3 is 83.3 Å². The molecular weight excluding hydrogens is 1560 g/mol. The second-order valence-electron chi connectivity index (χ2n) is 26.3. The van der Waals surface area contributed by atoms with Crippen LogP contribution in [0.4, 0.5) is 103 Å². The molecule has 15 rings (SSSR count). The predicted molar refractivity (Wildman–Crippen MR) is 407 cm³/mol. The zero-order valence-electron chi connectivity index (χ0n) is 62.6. The largest absolute Gasteiger partial charge is 0.456 e. The van der Waals surface area contributed by atoms with E-state index in [4.69, 9.17) is 54.1 Å². The van der Waals surface area contributed by atoms with Crippen LogP contribution in [0, 0.1) is 29.1 Å². The van der Waals surface area contributed by atoms with Gasteiger partial charge in [0, 0.05) is 87.2 Å². The van der Waals surface area contributed by atoms with Crippen LogP contribution in [0.25, 0.3) is 0 Å². The fourth-order valence-corrected chi connectivity index (χ4v) is 12.4. The number of nitrogens with zero attached hydrogens (tertiary/aromatic N) is 19. The molecular formula is C72H80F5N19O21. The van der Waals surface area contributed by atoms with Gasteiger partial charge in [0.2, 0.25) is 12.8 Å².